The van der Waals surface area contributed by atoms with E-state index in [1.165, 1.54) is 12.8 Å². The van der Waals surface area contributed by atoms with Crippen molar-refractivity contribution in [2.75, 3.05) is 39.6 Å². The topological polar surface area (TPSA) is 176 Å². The summed E-state index contributed by atoms with van der Waals surface area (Å²) < 4.78 is 43.5. The number of carbonyl (C=O) groups is 6. The summed E-state index contributed by atoms with van der Waals surface area (Å²) in [5.74, 6) is -0.0976. The van der Waals surface area contributed by atoms with Gasteiger partial charge in [-0.2, -0.15) is 0 Å². The van der Waals surface area contributed by atoms with Gasteiger partial charge in [0.15, 0.2) is 0 Å². The molecule has 0 saturated heterocycles. The lowest BCUT2D eigenvalue weighted by Crippen LogP contribution is -2.09. The lowest BCUT2D eigenvalue weighted by Gasteiger charge is -2.09. The van der Waals surface area contributed by atoms with Crippen LogP contribution in [-0.2, 0) is 38.1 Å². The van der Waals surface area contributed by atoms with E-state index in [-0.39, 0.29) is 17.9 Å². The lowest BCUT2D eigenvalue weighted by atomic mass is 10.1. The molecule has 384 valence electrons. The summed E-state index contributed by atoms with van der Waals surface area (Å²) in [5, 5.41) is 0. The van der Waals surface area contributed by atoms with Gasteiger partial charge >= 0.3 is 35.8 Å². The van der Waals surface area contributed by atoms with Gasteiger partial charge in [0.25, 0.3) is 0 Å². The van der Waals surface area contributed by atoms with E-state index in [1.54, 1.807) is 79.7 Å². The molecular weight excluding hydrogens is 897 g/mol. The van der Waals surface area contributed by atoms with E-state index in [4.69, 9.17) is 37.9 Å². The van der Waals surface area contributed by atoms with Gasteiger partial charge in [0.1, 0.15) is 23.0 Å². The van der Waals surface area contributed by atoms with Crippen molar-refractivity contribution in [2.45, 2.75) is 155 Å². The molecule has 70 heavy (non-hydrogen) atoms. The Bertz CT molecular complexity index is 1970. The first-order valence-corrected chi connectivity index (χ1v) is 25.3. The van der Waals surface area contributed by atoms with Crippen molar-refractivity contribution in [3.05, 3.63) is 96.1 Å². The van der Waals surface area contributed by atoms with Gasteiger partial charge in [-0.15, -0.1) is 0 Å². The van der Waals surface area contributed by atoms with E-state index < -0.39 is 17.9 Å². The Morgan fingerprint density at radius 2 is 0.671 bits per heavy atom. The normalized spacial score (nSPS) is 10.7. The summed E-state index contributed by atoms with van der Waals surface area (Å²) in [5.41, 5.74) is 1.14. The molecule has 0 aliphatic rings. The van der Waals surface area contributed by atoms with Crippen LogP contribution >= 0.6 is 0 Å². The molecule has 0 bridgehead atoms. The van der Waals surface area contributed by atoms with Crippen LogP contribution in [0.2, 0.25) is 0 Å². The molecule has 0 N–H and O–H groups in total. The number of unbranched alkanes of at least 4 members (excludes halogenated alkanes) is 14. The average molecular weight is 973 g/mol. The molecule has 14 heteroatoms. The number of esters is 6. The standard InChI is InChI=1S/C56H76O14/c1-4-5-6-17-38-63-47-30-26-45(27-31-47)55(61)69-49-34-36-50(37-35-49)70-56(62)46-28-32-48(33-29-46)64-39-18-9-7-8-10-19-40-65-51(57)23-14-11-20-41-66-52(58)24-15-12-21-42-67-53(59)25-16-13-22-43-68-54(60)44(2)3/h26-37H,2,4-25,38-43H2,1,3H3. The Morgan fingerprint density at radius 1 is 0.371 bits per heavy atom. The molecule has 0 radical (unpaired) electrons. The number of carbonyl (C=O) groups excluding carboxylic acids is 6. The average Bonchev–Trinajstić information content (AvgIpc) is 3.36. The van der Waals surface area contributed by atoms with Gasteiger partial charge in [0.05, 0.1) is 50.8 Å². The van der Waals surface area contributed by atoms with Crippen molar-refractivity contribution in [1.82, 2.24) is 0 Å². The molecule has 0 fully saturated rings. The predicted molar refractivity (Wildman–Crippen MR) is 266 cm³/mol. The highest BCUT2D eigenvalue weighted by molar-refractivity contribution is 5.92. The third-order valence-corrected chi connectivity index (χ3v) is 10.9. The predicted octanol–water partition coefficient (Wildman–Crippen LogP) is 12.2. The number of ether oxygens (including phenoxy) is 8. The van der Waals surface area contributed by atoms with Crippen LogP contribution in [0.4, 0.5) is 0 Å². The van der Waals surface area contributed by atoms with Crippen LogP contribution in [0.5, 0.6) is 23.0 Å². The molecule has 0 heterocycles. The minimum Gasteiger partial charge on any atom is -0.494 e. The molecule has 3 aromatic carbocycles. The van der Waals surface area contributed by atoms with Crippen molar-refractivity contribution in [3.8, 4) is 23.0 Å². The molecule has 0 spiro atoms. The Morgan fingerprint density at radius 3 is 1.03 bits per heavy atom. The summed E-state index contributed by atoms with van der Waals surface area (Å²) in [6, 6.07) is 19.9. The van der Waals surface area contributed by atoms with Gasteiger partial charge in [0.2, 0.25) is 0 Å². The fraction of sp³-hybridized carbons (Fsp3) is 0.536. The second-order valence-corrected chi connectivity index (χ2v) is 17.2. The Balaban J connectivity index is 1.09. The third-order valence-electron chi connectivity index (χ3n) is 10.9. The lowest BCUT2D eigenvalue weighted by molar-refractivity contribution is -0.145. The Kier molecular flexibility index (Phi) is 30.5. The van der Waals surface area contributed by atoms with Crippen molar-refractivity contribution in [3.63, 3.8) is 0 Å². The molecule has 14 nitrogen and oxygen atoms in total. The van der Waals surface area contributed by atoms with Gasteiger partial charge in [-0.25, -0.2) is 14.4 Å². The number of rotatable bonds is 39. The maximum absolute atomic E-state index is 12.7. The largest absolute Gasteiger partial charge is 0.494 e. The SMILES string of the molecule is C=C(C)C(=O)OCCCCCC(=O)OCCCCCC(=O)OCCCCCC(=O)OCCCCCCCCOc1ccc(C(=O)Oc2ccc(OC(=O)c3ccc(OCCCCCC)cc3)cc2)cc1. The highest BCUT2D eigenvalue weighted by atomic mass is 16.6. The fourth-order valence-electron chi connectivity index (χ4n) is 6.81. The van der Waals surface area contributed by atoms with E-state index in [0.717, 1.165) is 70.6 Å². The summed E-state index contributed by atoms with van der Waals surface area (Å²) in [6.45, 7) is 9.88. The molecule has 0 unspecified atom stereocenters. The molecule has 0 atom stereocenters. The quantitative estimate of drug-likeness (QED) is 0.0173. The zero-order valence-corrected chi connectivity index (χ0v) is 41.6. The molecule has 3 aromatic rings. The van der Waals surface area contributed by atoms with Crippen LogP contribution in [0.1, 0.15) is 176 Å². The van der Waals surface area contributed by atoms with E-state index in [1.807, 2.05) is 0 Å². The van der Waals surface area contributed by atoms with E-state index in [0.29, 0.717) is 137 Å². The van der Waals surface area contributed by atoms with E-state index in [9.17, 15) is 28.8 Å². The maximum Gasteiger partial charge on any atom is 0.343 e. The minimum absolute atomic E-state index is 0.202. The summed E-state index contributed by atoms with van der Waals surface area (Å²) in [4.78, 5) is 72.6. The van der Waals surface area contributed by atoms with Gasteiger partial charge in [-0.3, -0.25) is 14.4 Å². The van der Waals surface area contributed by atoms with Crippen LogP contribution in [0, 0.1) is 0 Å². The van der Waals surface area contributed by atoms with Gasteiger partial charge in [-0.1, -0.05) is 58.4 Å². The highest BCUT2D eigenvalue weighted by Crippen LogP contribution is 2.22. The van der Waals surface area contributed by atoms with E-state index in [2.05, 4.69) is 13.5 Å². The van der Waals surface area contributed by atoms with Crippen LogP contribution < -0.4 is 18.9 Å². The van der Waals surface area contributed by atoms with Crippen molar-refractivity contribution >= 4 is 35.8 Å². The van der Waals surface area contributed by atoms with Crippen molar-refractivity contribution in [1.29, 1.82) is 0 Å². The first-order valence-electron chi connectivity index (χ1n) is 25.3. The second-order valence-electron chi connectivity index (χ2n) is 17.2. The number of hydrogen-bond donors (Lipinski definition) is 0. The molecule has 0 aliphatic heterocycles. The van der Waals surface area contributed by atoms with Gasteiger partial charge in [-0.05, 0) is 157 Å². The number of hydrogen-bond acceptors (Lipinski definition) is 14. The monoisotopic (exact) mass is 973 g/mol. The highest BCUT2D eigenvalue weighted by Gasteiger charge is 2.13. The number of benzene rings is 3. The molecular formula is C56H76O14. The van der Waals surface area contributed by atoms with Crippen LogP contribution in [0.25, 0.3) is 0 Å². The van der Waals surface area contributed by atoms with Gasteiger partial charge in [0, 0.05) is 24.8 Å². The molecule has 0 aliphatic carbocycles. The zero-order valence-electron chi connectivity index (χ0n) is 41.6. The molecule has 3 rings (SSSR count). The molecule has 0 saturated carbocycles. The zero-order chi connectivity index (χ0) is 50.4. The summed E-state index contributed by atoms with van der Waals surface area (Å²) >= 11 is 0. The van der Waals surface area contributed by atoms with Crippen LogP contribution in [0.3, 0.4) is 0 Å². The van der Waals surface area contributed by atoms with Gasteiger partial charge < -0.3 is 37.9 Å². The maximum atomic E-state index is 12.7. The first kappa shape index (κ1) is 58.1. The smallest absolute Gasteiger partial charge is 0.343 e. The Hall–Kier alpha value is -6.18. The Labute approximate surface area is 415 Å². The van der Waals surface area contributed by atoms with Crippen molar-refractivity contribution < 1.29 is 66.7 Å². The molecule has 0 aromatic heterocycles. The fourth-order valence-corrected chi connectivity index (χ4v) is 6.81. The minimum atomic E-state index is -0.519. The van der Waals surface area contributed by atoms with Crippen LogP contribution in [-0.4, -0.2) is 75.5 Å². The molecule has 0 amide bonds. The van der Waals surface area contributed by atoms with E-state index >= 15 is 0 Å². The summed E-state index contributed by atoms with van der Waals surface area (Å²) in [6.07, 6.45) is 17.7. The van der Waals surface area contributed by atoms with Crippen LogP contribution in [0.15, 0.2) is 84.9 Å². The second kappa shape index (κ2) is 36.8. The van der Waals surface area contributed by atoms with Crippen molar-refractivity contribution in [2.24, 2.45) is 0 Å². The summed E-state index contributed by atoms with van der Waals surface area (Å²) in [7, 11) is 0. The third kappa shape index (κ3) is 27.7. The first-order chi connectivity index (χ1) is 34.0.